The lowest BCUT2D eigenvalue weighted by Crippen LogP contribution is -2.51. The fourth-order valence-electron chi connectivity index (χ4n) is 4.50. The second-order valence-corrected chi connectivity index (χ2v) is 8.36. The van der Waals surface area contributed by atoms with Gasteiger partial charge >= 0.3 is 0 Å². The summed E-state index contributed by atoms with van der Waals surface area (Å²) in [5.41, 5.74) is 2.55. The third-order valence-corrected chi connectivity index (χ3v) is 6.32. The highest BCUT2D eigenvalue weighted by molar-refractivity contribution is 5.79. The monoisotopic (exact) mass is 408 g/mol. The van der Waals surface area contributed by atoms with Gasteiger partial charge in [-0.25, -0.2) is 0 Å². The average molecular weight is 409 g/mol. The van der Waals surface area contributed by atoms with Gasteiger partial charge in [0.15, 0.2) is 0 Å². The van der Waals surface area contributed by atoms with E-state index in [-0.39, 0.29) is 5.92 Å². The summed E-state index contributed by atoms with van der Waals surface area (Å²) in [5.74, 6) is 1.44. The second kappa shape index (κ2) is 10.0. The van der Waals surface area contributed by atoms with E-state index >= 15 is 0 Å². The van der Waals surface area contributed by atoms with Crippen molar-refractivity contribution in [1.29, 1.82) is 0 Å². The summed E-state index contributed by atoms with van der Waals surface area (Å²) < 4.78 is 5.32. The van der Waals surface area contributed by atoms with Crippen LogP contribution < -0.4 is 4.74 Å². The molecule has 0 aliphatic carbocycles. The molecule has 0 N–H and O–H groups in total. The Labute approximate surface area is 179 Å². The van der Waals surface area contributed by atoms with Gasteiger partial charge < -0.3 is 9.64 Å². The molecular weight excluding hydrogens is 376 g/mol. The highest BCUT2D eigenvalue weighted by Crippen LogP contribution is 2.22. The van der Waals surface area contributed by atoms with Crippen molar-refractivity contribution in [3.8, 4) is 5.75 Å². The van der Waals surface area contributed by atoms with Crippen molar-refractivity contribution in [3.05, 3.63) is 59.9 Å². The number of rotatable bonds is 6. The first-order chi connectivity index (χ1) is 14.7. The third kappa shape index (κ3) is 5.37. The zero-order valence-corrected chi connectivity index (χ0v) is 17.9. The van der Waals surface area contributed by atoms with Gasteiger partial charge in [-0.1, -0.05) is 12.1 Å². The van der Waals surface area contributed by atoms with Crippen molar-refractivity contribution in [2.24, 2.45) is 5.92 Å². The summed E-state index contributed by atoms with van der Waals surface area (Å²) in [7, 11) is 1.70. The maximum absolute atomic E-state index is 13.0. The Bertz CT molecular complexity index is 813. The Morgan fingerprint density at radius 2 is 1.60 bits per heavy atom. The Balaban J connectivity index is 1.21. The molecule has 0 spiro atoms. The van der Waals surface area contributed by atoms with Crippen molar-refractivity contribution >= 4 is 5.91 Å². The first kappa shape index (κ1) is 20.8. The zero-order valence-electron chi connectivity index (χ0n) is 17.9. The van der Waals surface area contributed by atoms with Gasteiger partial charge in [0.1, 0.15) is 5.75 Å². The molecule has 6 nitrogen and oxygen atoms in total. The molecule has 0 unspecified atom stereocenters. The molecule has 0 radical (unpaired) electrons. The fraction of sp³-hybridized carbons (Fsp3) is 0.500. The van der Waals surface area contributed by atoms with Crippen LogP contribution in [-0.2, 0) is 17.9 Å². The largest absolute Gasteiger partial charge is 0.497 e. The molecule has 0 bridgehead atoms. The summed E-state index contributed by atoms with van der Waals surface area (Å²) in [6, 6.07) is 12.4. The first-order valence-electron chi connectivity index (χ1n) is 11.0. The summed E-state index contributed by atoms with van der Waals surface area (Å²) >= 11 is 0. The number of benzene rings is 1. The lowest BCUT2D eigenvalue weighted by atomic mass is 9.94. The van der Waals surface area contributed by atoms with Crippen LogP contribution in [0.5, 0.6) is 5.75 Å². The van der Waals surface area contributed by atoms with E-state index in [4.69, 9.17) is 4.74 Å². The molecule has 1 amide bonds. The van der Waals surface area contributed by atoms with Gasteiger partial charge in [0.25, 0.3) is 0 Å². The number of aromatic nitrogens is 1. The summed E-state index contributed by atoms with van der Waals surface area (Å²) in [6.45, 7) is 7.38. The number of methoxy groups -OCH3 is 1. The summed E-state index contributed by atoms with van der Waals surface area (Å²) in [5, 5.41) is 0. The quantitative estimate of drug-likeness (QED) is 0.736. The topological polar surface area (TPSA) is 48.9 Å². The maximum atomic E-state index is 13.0. The molecule has 2 saturated heterocycles. The van der Waals surface area contributed by atoms with Crippen LogP contribution in [0.25, 0.3) is 0 Å². The molecule has 3 heterocycles. The van der Waals surface area contributed by atoms with Gasteiger partial charge in [-0.05, 0) is 61.3 Å². The zero-order chi connectivity index (χ0) is 20.8. The number of carbonyl (C=O) groups is 1. The van der Waals surface area contributed by atoms with E-state index in [0.717, 1.165) is 70.9 Å². The van der Waals surface area contributed by atoms with E-state index in [9.17, 15) is 4.79 Å². The maximum Gasteiger partial charge on any atom is 0.225 e. The normalized spacial score (nSPS) is 19.0. The van der Waals surface area contributed by atoms with Crippen LogP contribution in [0.1, 0.15) is 24.0 Å². The number of nitrogens with zero attached hydrogens (tertiary/aromatic N) is 4. The standard InChI is InChI=1S/C24H32N4O2/c1-30-23-4-2-3-21(17-23)19-27-13-15-28(16-14-27)24(29)22-7-11-26(12-8-22)18-20-5-9-25-10-6-20/h2-6,9-10,17,22H,7-8,11-16,18-19H2,1H3. The number of hydrogen-bond acceptors (Lipinski definition) is 5. The Morgan fingerprint density at radius 1 is 0.933 bits per heavy atom. The van der Waals surface area contributed by atoms with Crippen molar-refractivity contribution in [3.63, 3.8) is 0 Å². The highest BCUT2D eigenvalue weighted by Gasteiger charge is 2.30. The average Bonchev–Trinajstić information content (AvgIpc) is 2.80. The second-order valence-electron chi connectivity index (χ2n) is 8.36. The minimum absolute atomic E-state index is 0.184. The van der Waals surface area contributed by atoms with Gasteiger partial charge in [-0.2, -0.15) is 0 Å². The molecule has 30 heavy (non-hydrogen) atoms. The molecule has 4 rings (SSSR count). The number of likely N-dealkylation sites (tertiary alicyclic amines) is 1. The Morgan fingerprint density at radius 3 is 2.30 bits per heavy atom. The SMILES string of the molecule is COc1cccc(CN2CCN(C(=O)C3CCN(Cc4ccncc4)CC3)CC2)c1. The number of pyridine rings is 1. The van der Waals surface area contributed by atoms with E-state index in [1.54, 1.807) is 7.11 Å². The fourth-order valence-corrected chi connectivity index (χ4v) is 4.50. The molecule has 6 heteroatoms. The van der Waals surface area contributed by atoms with Crippen molar-refractivity contribution in [2.75, 3.05) is 46.4 Å². The first-order valence-corrected chi connectivity index (χ1v) is 11.0. The van der Waals surface area contributed by atoms with E-state index in [1.165, 1.54) is 11.1 Å². The van der Waals surface area contributed by atoms with E-state index in [1.807, 2.05) is 24.5 Å². The predicted octanol–water partition coefficient (Wildman–Crippen LogP) is 2.65. The van der Waals surface area contributed by atoms with Crippen LogP contribution in [-0.4, -0.2) is 72.0 Å². The number of amides is 1. The Hall–Kier alpha value is -2.44. The lowest BCUT2D eigenvalue weighted by Gasteiger charge is -2.38. The molecule has 160 valence electrons. The smallest absolute Gasteiger partial charge is 0.225 e. The van der Waals surface area contributed by atoms with Gasteiger partial charge in [0, 0.05) is 57.6 Å². The van der Waals surface area contributed by atoms with E-state index < -0.39 is 0 Å². The number of ether oxygens (including phenoxy) is 1. The van der Waals surface area contributed by atoms with E-state index in [0.29, 0.717) is 5.91 Å². The minimum Gasteiger partial charge on any atom is -0.497 e. The molecule has 2 aliphatic heterocycles. The van der Waals surface area contributed by atoms with Gasteiger partial charge in [-0.3, -0.25) is 19.6 Å². The molecule has 0 atom stereocenters. The van der Waals surface area contributed by atoms with Crippen LogP contribution in [0.15, 0.2) is 48.8 Å². The van der Waals surface area contributed by atoms with Crippen molar-refractivity contribution in [2.45, 2.75) is 25.9 Å². The molecule has 1 aromatic heterocycles. The molecule has 2 aliphatic rings. The molecular formula is C24H32N4O2. The molecule has 1 aromatic carbocycles. The number of hydrogen-bond donors (Lipinski definition) is 0. The summed E-state index contributed by atoms with van der Waals surface area (Å²) in [4.78, 5) is 24.1. The summed E-state index contributed by atoms with van der Waals surface area (Å²) in [6.07, 6.45) is 5.63. The van der Waals surface area contributed by atoms with Crippen LogP contribution in [0.4, 0.5) is 0 Å². The van der Waals surface area contributed by atoms with Crippen molar-refractivity contribution in [1.82, 2.24) is 19.7 Å². The molecule has 2 fully saturated rings. The van der Waals surface area contributed by atoms with Crippen LogP contribution in [0, 0.1) is 5.92 Å². The van der Waals surface area contributed by atoms with E-state index in [2.05, 4.69) is 43.9 Å². The van der Waals surface area contributed by atoms with Crippen LogP contribution >= 0.6 is 0 Å². The minimum atomic E-state index is 0.184. The molecule has 2 aromatic rings. The number of piperidine rings is 1. The van der Waals surface area contributed by atoms with Crippen LogP contribution in [0.2, 0.25) is 0 Å². The number of carbonyl (C=O) groups excluding carboxylic acids is 1. The van der Waals surface area contributed by atoms with Crippen LogP contribution in [0.3, 0.4) is 0 Å². The predicted molar refractivity (Wildman–Crippen MR) is 117 cm³/mol. The Kier molecular flexibility index (Phi) is 6.97. The van der Waals surface area contributed by atoms with Gasteiger partial charge in [0.05, 0.1) is 7.11 Å². The van der Waals surface area contributed by atoms with Gasteiger partial charge in [0.2, 0.25) is 5.91 Å². The van der Waals surface area contributed by atoms with Gasteiger partial charge in [-0.15, -0.1) is 0 Å². The third-order valence-electron chi connectivity index (χ3n) is 6.32. The lowest BCUT2D eigenvalue weighted by molar-refractivity contribution is -0.139. The number of piperazine rings is 1. The highest BCUT2D eigenvalue weighted by atomic mass is 16.5. The molecule has 0 saturated carbocycles. The van der Waals surface area contributed by atoms with Crippen molar-refractivity contribution < 1.29 is 9.53 Å².